The first kappa shape index (κ1) is 61.5. The highest BCUT2D eigenvalue weighted by atomic mass is 32.2. The summed E-state index contributed by atoms with van der Waals surface area (Å²) < 4.78 is 102. The van der Waals surface area contributed by atoms with Crippen LogP contribution in [0.1, 0.15) is 76.2 Å². The zero-order valence-electron chi connectivity index (χ0n) is 47.6. The highest BCUT2D eigenvalue weighted by Gasteiger charge is 2.46. The zero-order chi connectivity index (χ0) is 60.6. The van der Waals surface area contributed by atoms with E-state index in [1.807, 2.05) is 55.8 Å². The normalized spacial score (nSPS) is 17.4. The third-order valence-electron chi connectivity index (χ3n) is 15.4. The van der Waals surface area contributed by atoms with Crippen LogP contribution in [-0.4, -0.2) is 163 Å². The Kier molecular flexibility index (Phi) is 19.6. The number of rotatable bonds is 28. The van der Waals surface area contributed by atoms with Crippen LogP contribution >= 0.6 is 11.3 Å². The SMILES string of the molecule is Cc1ncsc1-c1ccc(CCC(=O)[C@@H]2C[C@@H](O)CN2C(=O)[C@H](C(C)C)N2Cc3ccccc3C2=O)c(OCCOCCOCCOCCOc2ccc(-c3cnc4[nH]cc(C(=O)c5c(F)ccc(NS(=O)(=O)N6CC[C@@H](F)C6)c5F)c4c3)cc2)c1. The van der Waals surface area contributed by atoms with E-state index in [4.69, 9.17) is 23.7 Å². The van der Waals surface area contributed by atoms with Gasteiger partial charge in [-0.3, -0.25) is 23.9 Å². The standard InChI is InChI=1S/C62H66F3N7O12S2/c1-37(2)57(72-33-42-6-4-5-7-47(42)61(72)76)62(77)71-35-45(73)30-52(71)53(74)17-12-40-8-9-41(59-38(3)68-36-85-59)29-54(40)84-27-25-82-23-21-80-20-22-81-24-26-83-46-13-10-39(11-14-46)43-28-48-49(32-67-60(48)66-31-43)58(75)55-50(64)15-16-51(56(55)65)69-86(78,79)70-19-18-44(63)34-70/h4-11,13-16,28-29,31-32,36-37,44-45,52,57,69,73H,12,17-27,30,33-35H2,1-3H3,(H,66,67)/t44-,45-,52+,57+/m1/s1. The topological polar surface area (TPSA) is 232 Å². The molecule has 0 aliphatic carbocycles. The molecular formula is C62H66F3N7O12S2. The largest absolute Gasteiger partial charge is 0.491 e. The number of halogens is 3. The van der Waals surface area contributed by atoms with Gasteiger partial charge in [0.05, 0.1) is 79.1 Å². The second kappa shape index (κ2) is 27.4. The molecule has 0 bridgehead atoms. The molecule has 2 amide bonds. The molecule has 2 fully saturated rings. The molecule has 10 rings (SSSR count). The molecule has 4 aromatic carbocycles. The lowest BCUT2D eigenvalue weighted by Crippen LogP contribution is -2.54. The maximum atomic E-state index is 15.8. The number of fused-ring (bicyclic) bond motifs is 2. The molecule has 86 heavy (non-hydrogen) atoms. The number of thiazole rings is 1. The Morgan fingerprint density at radius 2 is 1.57 bits per heavy atom. The van der Waals surface area contributed by atoms with Crippen LogP contribution < -0.4 is 14.2 Å². The van der Waals surface area contributed by atoms with Gasteiger partial charge >= 0.3 is 10.2 Å². The number of aromatic amines is 1. The molecule has 3 aliphatic heterocycles. The molecule has 0 spiro atoms. The summed E-state index contributed by atoms with van der Waals surface area (Å²) in [5.74, 6) is -3.47. The van der Waals surface area contributed by atoms with Crippen LogP contribution in [-0.2, 0) is 47.0 Å². The van der Waals surface area contributed by atoms with E-state index in [0.717, 1.165) is 43.7 Å². The van der Waals surface area contributed by atoms with Gasteiger partial charge in [-0.15, -0.1) is 11.3 Å². The number of nitrogens with zero attached hydrogens (tertiary/aromatic N) is 5. The molecule has 454 valence electrons. The van der Waals surface area contributed by atoms with Crippen LogP contribution in [0.4, 0.5) is 18.9 Å². The summed E-state index contributed by atoms with van der Waals surface area (Å²) >= 11 is 1.52. The van der Waals surface area contributed by atoms with Crippen molar-refractivity contribution in [3.05, 3.63) is 148 Å². The molecule has 0 saturated carbocycles. The van der Waals surface area contributed by atoms with Crippen LogP contribution in [0, 0.1) is 24.5 Å². The maximum Gasteiger partial charge on any atom is 0.301 e. The molecule has 19 nitrogen and oxygen atoms in total. The van der Waals surface area contributed by atoms with Crippen molar-refractivity contribution >= 4 is 61.6 Å². The van der Waals surface area contributed by atoms with Crippen molar-refractivity contribution in [3.8, 4) is 33.1 Å². The van der Waals surface area contributed by atoms with Crippen LogP contribution in [0.5, 0.6) is 11.5 Å². The number of likely N-dealkylation sites (tertiary alicyclic amines) is 1. The summed E-state index contributed by atoms with van der Waals surface area (Å²) in [7, 11) is -4.38. The third kappa shape index (κ3) is 14.0. The van der Waals surface area contributed by atoms with E-state index in [9.17, 15) is 37.1 Å². The number of Topliss-reactive ketones (excluding diaryl/α,β-unsaturated/α-hetero) is 1. The van der Waals surface area contributed by atoms with Gasteiger partial charge in [-0.25, -0.2) is 23.1 Å². The minimum Gasteiger partial charge on any atom is -0.491 e. The van der Waals surface area contributed by atoms with Gasteiger partial charge in [-0.1, -0.05) is 56.3 Å². The van der Waals surface area contributed by atoms with E-state index in [1.165, 1.54) is 22.4 Å². The number of aliphatic hydroxyl groups excluding tert-OH is 1. The Morgan fingerprint density at radius 1 is 0.860 bits per heavy atom. The number of carbonyl (C=O) groups is 4. The van der Waals surface area contributed by atoms with Gasteiger partial charge in [0.15, 0.2) is 11.6 Å². The van der Waals surface area contributed by atoms with E-state index in [0.29, 0.717) is 67.6 Å². The minimum absolute atomic E-state index is 0.0117. The lowest BCUT2D eigenvalue weighted by molar-refractivity contribution is -0.142. The average molecular weight is 1220 g/mol. The Hall–Kier alpha value is -7.58. The first-order valence-corrected chi connectivity index (χ1v) is 30.7. The van der Waals surface area contributed by atoms with Crippen molar-refractivity contribution in [1.29, 1.82) is 0 Å². The number of pyridine rings is 1. The smallest absolute Gasteiger partial charge is 0.301 e. The lowest BCUT2D eigenvalue weighted by atomic mass is 9.97. The molecule has 7 aromatic rings. The Bertz CT molecular complexity index is 3720. The van der Waals surface area contributed by atoms with Gasteiger partial charge in [-0.05, 0) is 90.4 Å². The first-order valence-electron chi connectivity index (χ1n) is 28.4. The summed E-state index contributed by atoms with van der Waals surface area (Å²) in [6, 6.07) is 21.9. The molecule has 2 saturated heterocycles. The quantitative estimate of drug-likeness (QED) is 0.0308. The van der Waals surface area contributed by atoms with Gasteiger partial charge in [0.25, 0.3) is 5.91 Å². The maximum absolute atomic E-state index is 15.8. The molecule has 3 aliphatic rings. The second-order valence-corrected chi connectivity index (χ2v) is 24.1. The number of hydrogen-bond donors (Lipinski definition) is 3. The van der Waals surface area contributed by atoms with Gasteiger partial charge in [0, 0.05) is 73.5 Å². The summed E-state index contributed by atoms with van der Waals surface area (Å²) in [4.78, 5) is 71.2. The van der Waals surface area contributed by atoms with Crippen molar-refractivity contribution in [2.45, 2.75) is 77.4 Å². The van der Waals surface area contributed by atoms with E-state index >= 15 is 8.78 Å². The number of H-pyrrole nitrogens is 1. The number of nitrogens with one attached hydrogen (secondary N) is 2. The van der Waals surface area contributed by atoms with Crippen molar-refractivity contribution < 1.29 is 69.6 Å². The monoisotopic (exact) mass is 1220 g/mol. The number of aliphatic hydroxyl groups is 1. The molecular weight excluding hydrogens is 1160 g/mol. The Morgan fingerprint density at radius 3 is 2.26 bits per heavy atom. The van der Waals surface area contributed by atoms with Crippen molar-refractivity contribution in [2.24, 2.45) is 5.92 Å². The highest BCUT2D eigenvalue weighted by Crippen LogP contribution is 2.36. The summed E-state index contributed by atoms with van der Waals surface area (Å²) in [5, 5.41) is 11.1. The fraction of sp³-hybridized carbons (Fsp3) is 0.387. The van der Waals surface area contributed by atoms with Crippen molar-refractivity contribution in [1.82, 2.24) is 29.1 Å². The van der Waals surface area contributed by atoms with Gasteiger partial charge in [0.1, 0.15) is 48.4 Å². The average Bonchev–Trinajstić information content (AvgIpc) is 2.44. The molecule has 24 heteroatoms. The number of benzene rings is 4. The van der Waals surface area contributed by atoms with E-state index in [2.05, 4.69) is 15.0 Å². The van der Waals surface area contributed by atoms with Crippen molar-refractivity contribution in [3.63, 3.8) is 0 Å². The molecule has 0 unspecified atom stereocenters. The lowest BCUT2D eigenvalue weighted by Gasteiger charge is -2.35. The predicted octanol–water partition coefficient (Wildman–Crippen LogP) is 8.52. The predicted molar refractivity (Wildman–Crippen MR) is 315 cm³/mol. The third-order valence-corrected chi connectivity index (χ3v) is 17.9. The zero-order valence-corrected chi connectivity index (χ0v) is 49.3. The van der Waals surface area contributed by atoms with Gasteiger partial charge in [-0.2, -0.15) is 12.7 Å². The highest BCUT2D eigenvalue weighted by molar-refractivity contribution is 7.90. The van der Waals surface area contributed by atoms with E-state index < -0.39 is 69.8 Å². The number of β-amino-alcohol motifs (C(OH)–C–C–N with tert-alkyl or cyclic N) is 1. The molecule has 3 N–H and O–H groups in total. The Labute approximate surface area is 499 Å². The van der Waals surface area contributed by atoms with Gasteiger partial charge < -0.3 is 43.6 Å². The Balaban J connectivity index is 0.641. The molecule has 4 atom stereocenters. The summed E-state index contributed by atoms with van der Waals surface area (Å²) in [6.45, 7) is 7.80. The number of carbonyl (C=O) groups excluding carboxylic acids is 4. The fourth-order valence-corrected chi connectivity index (χ4v) is 13.1. The second-order valence-electron chi connectivity index (χ2n) is 21.6. The van der Waals surface area contributed by atoms with Gasteiger partial charge in [0.2, 0.25) is 11.7 Å². The number of ketones is 2. The van der Waals surface area contributed by atoms with Crippen molar-refractivity contribution in [2.75, 3.05) is 77.2 Å². The summed E-state index contributed by atoms with van der Waals surface area (Å²) in [5.41, 5.74) is 5.67. The van der Waals surface area contributed by atoms with Crippen LogP contribution in [0.15, 0.2) is 103 Å². The summed E-state index contributed by atoms with van der Waals surface area (Å²) in [6.07, 6.45) is 1.14. The van der Waals surface area contributed by atoms with E-state index in [1.54, 1.807) is 59.1 Å². The van der Waals surface area contributed by atoms with Crippen LogP contribution in [0.25, 0.3) is 32.6 Å². The fourth-order valence-electron chi connectivity index (χ4n) is 11.0. The number of alkyl halides is 1. The minimum atomic E-state index is -4.38. The number of hydrogen-bond acceptors (Lipinski definition) is 15. The van der Waals surface area contributed by atoms with Crippen LogP contribution in [0.3, 0.4) is 0 Å². The number of aryl methyl sites for hydroxylation is 2. The van der Waals surface area contributed by atoms with Crippen LogP contribution in [0.2, 0.25) is 0 Å². The molecule has 6 heterocycles. The number of amides is 2. The number of aromatic nitrogens is 3. The number of ether oxygens (including phenoxy) is 5. The van der Waals surface area contributed by atoms with E-state index in [-0.39, 0.29) is 98.9 Å². The molecule has 0 radical (unpaired) electrons. The first-order chi connectivity index (χ1) is 41.4. The molecule has 3 aromatic heterocycles. The number of anilines is 1.